The highest BCUT2D eigenvalue weighted by atomic mass is 35.5. The Hall–Kier alpha value is -3.38. The highest BCUT2D eigenvalue weighted by molar-refractivity contribution is 6.30. The molecule has 29 heavy (non-hydrogen) atoms. The quantitative estimate of drug-likeness (QED) is 0.300. The number of anilines is 1. The van der Waals surface area contributed by atoms with E-state index in [1.807, 2.05) is 50.2 Å². The number of hydrogen-bond donors (Lipinski definition) is 1. The molecule has 3 aromatic rings. The summed E-state index contributed by atoms with van der Waals surface area (Å²) in [7, 11) is 0. The summed E-state index contributed by atoms with van der Waals surface area (Å²) in [4.78, 5) is 10.2. The Bertz CT molecular complexity index is 1010. The van der Waals surface area contributed by atoms with Gasteiger partial charge in [0, 0.05) is 17.2 Å². The van der Waals surface area contributed by atoms with Crippen molar-refractivity contribution < 1.29 is 9.66 Å². The highest BCUT2D eigenvalue weighted by Gasteiger charge is 2.07. The van der Waals surface area contributed by atoms with E-state index in [1.54, 1.807) is 18.3 Å². The zero-order chi connectivity index (χ0) is 20.8. The number of aryl methyl sites for hydroxylation is 2. The Labute approximate surface area is 173 Å². The van der Waals surface area contributed by atoms with Gasteiger partial charge >= 0.3 is 0 Å². The number of nitrogens with one attached hydrogen (secondary N) is 1. The van der Waals surface area contributed by atoms with Crippen molar-refractivity contribution in [3.63, 3.8) is 0 Å². The van der Waals surface area contributed by atoms with E-state index >= 15 is 0 Å². The molecule has 148 valence electrons. The summed E-state index contributed by atoms with van der Waals surface area (Å²) < 4.78 is 5.99. The molecule has 0 amide bonds. The maximum atomic E-state index is 10.7. The predicted octanol–water partition coefficient (Wildman–Crippen LogP) is 5.89. The van der Waals surface area contributed by atoms with Crippen molar-refractivity contribution in [1.29, 1.82) is 0 Å². The third kappa shape index (κ3) is 5.56. The Morgan fingerprint density at radius 2 is 1.69 bits per heavy atom. The van der Waals surface area contributed by atoms with Crippen LogP contribution in [0.5, 0.6) is 5.75 Å². The van der Waals surface area contributed by atoms with Crippen molar-refractivity contribution in [2.75, 3.05) is 5.43 Å². The van der Waals surface area contributed by atoms with Gasteiger partial charge in [-0.1, -0.05) is 23.7 Å². The molecule has 3 rings (SSSR count). The molecule has 0 aliphatic heterocycles. The van der Waals surface area contributed by atoms with Crippen LogP contribution >= 0.6 is 11.6 Å². The minimum absolute atomic E-state index is 0.0416. The number of hydrogen-bond acceptors (Lipinski definition) is 5. The summed E-state index contributed by atoms with van der Waals surface area (Å²) in [6.07, 6.45) is 1.70. The van der Waals surface area contributed by atoms with Crippen LogP contribution in [0.3, 0.4) is 0 Å². The Morgan fingerprint density at radius 1 is 1.07 bits per heavy atom. The maximum absolute atomic E-state index is 10.7. The molecule has 0 unspecified atom stereocenters. The van der Waals surface area contributed by atoms with Gasteiger partial charge in [-0.2, -0.15) is 5.10 Å². The van der Waals surface area contributed by atoms with Crippen LogP contribution < -0.4 is 10.2 Å². The number of hydrazone groups is 1. The van der Waals surface area contributed by atoms with E-state index in [0.29, 0.717) is 17.3 Å². The lowest BCUT2D eigenvalue weighted by Crippen LogP contribution is -2.00. The predicted molar refractivity (Wildman–Crippen MR) is 116 cm³/mol. The molecule has 0 saturated heterocycles. The number of non-ortho nitro benzene ring substituents is 1. The minimum atomic E-state index is -0.435. The molecule has 0 radical (unpaired) electrons. The molecule has 0 atom stereocenters. The van der Waals surface area contributed by atoms with E-state index in [4.69, 9.17) is 16.3 Å². The first-order chi connectivity index (χ1) is 13.9. The van der Waals surface area contributed by atoms with E-state index in [2.05, 4.69) is 10.5 Å². The monoisotopic (exact) mass is 409 g/mol. The minimum Gasteiger partial charge on any atom is -0.488 e. The van der Waals surface area contributed by atoms with Gasteiger partial charge < -0.3 is 4.74 Å². The van der Waals surface area contributed by atoms with Gasteiger partial charge in [0.15, 0.2) is 0 Å². The number of nitrogens with zero attached hydrogens (tertiary/aromatic N) is 2. The molecule has 1 N–H and O–H groups in total. The summed E-state index contributed by atoms with van der Waals surface area (Å²) in [6.45, 7) is 4.45. The van der Waals surface area contributed by atoms with Gasteiger partial charge in [-0.15, -0.1) is 0 Å². The first-order valence-electron chi connectivity index (χ1n) is 8.94. The van der Waals surface area contributed by atoms with Crippen LogP contribution in [0.25, 0.3) is 0 Å². The fraction of sp³-hybridized carbons (Fsp3) is 0.136. The molecular weight excluding hydrogens is 390 g/mol. The van der Waals surface area contributed by atoms with Gasteiger partial charge in [0.05, 0.1) is 16.8 Å². The largest absolute Gasteiger partial charge is 0.488 e. The van der Waals surface area contributed by atoms with Crippen molar-refractivity contribution in [1.82, 2.24) is 0 Å². The molecule has 0 aliphatic rings. The van der Waals surface area contributed by atoms with E-state index in [-0.39, 0.29) is 5.69 Å². The van der Waals surface area contributed by atoms with Crippen LogP contribution in [0.15, 0.2) is 65.8 Å². The second-order valence-corrected chi connectivity index (χ2v) is 7.01. The summed E-state index contributed by atoms with van der Waals surface area (Å²) >= 11 is 5.91. The van der Waals surface area contributed by atoms with Gasteiger partial charge in [0.2, 0.25) is 0 Å². The average molecular weight is 410 g/mol. The zero-order valence-corrected chi connectivity index (χ0v) is 16.8. The van der Waals surface area contributed by atoms with Crippen LogP contribution in [-0.2, 0) is 6.61 Å². The molecule has 0 spiro atoms. The summed E-state index contributed by atoms with van der Waals surface area (Å²) in [6, 6.07) is 17.6. The fourth-order valence-corrected chi connectivity index (χ4v) is 2.99. The van der Waals surface area contributed by atoms with E-state index < -0.39 is 4.92 Å². The van der Waals surface area contributed by atoms with Crippen molar-refractivity contribution in [2.24, 2.45) is 5.10 Å². The average Bonchev–Trinajstić information content (AvgIpc) is 2.69. The van der Waals surface area contributed by atoms with Gasteiger partial charge in [-0.05, 0) is 72.5 Å². The lowest BCUT2D eigenvalue weighted by molar-refractivity contribution is -0.384. The lowest BCUT2D eigenvalue weighted by Gasteiger charge is -2.13. The zero-order valence-electron chi connectivity index (χ0n) is 16.1. The third-order valence-corrected chi connectivity index (χ3v) is 4.52. The first-order valence-corrected chi connectivity index (χ1v) is 9.32. The van der Waals surface area contributed by atoms with Crippen molar-refractivity contribution in [2.45, 2.75) is 20.5 Å². The van der Waals surface area contributed by atoms with E-state index in [9.17, 15) is 10.1 Å². The maximum Gasteiger partial charge on any atom is 0.269 e. The fourth-order valence-electron chi connectivity index (χ4n) is 2.86. The summed E-state index contributed by atoms with van der Waals surface area (Å²) in [5.74, 6) is 0.848. The number of ether oxygens (including phenoxy) is 1. The van der Waals surface area contributed by atoms with Crippen LogP contribution in [0, 0.1) is 24.0 Å². The molecule has 0 aliphatic carbocycles. The van der Waals surface area contributed by atoms with E-state index in [0.717, 1.165) is 28.0 Å². The second kappa shape index (κ2) is 9.21. The van der Waals surface area contributed by atoms with Gasteiger partial charge in [0.1, 0.15) is 12.4 Å². The lowest BCUT2D eigenvalue weighted by atomic mass is 10.1. The molecule has 0 fully saturated rings. The van der Waals surface area contributed by atoms with Crippen LogP contribution in [0.4, 0.5) is 11.4 Å². The molecule has 0 bridgehead atoms. The van der Waals surface area contributed by atoms with Crippen LogP contribution in [-0.4, -0.2) is 11.1 Å². The number of rotatable bonds is 7. The number of benzene rings is 3. The van der Waals surface area contributed by atoms with E-state index in [1.165, 1.54) is 12.1 Å². The topological polar surface area (TPSA) is 76.8 Å². The molecule has 6 nitrogen and oxygen atoms in total. The second-order valence-electron chi connectivity index (χ2n) is 6.57. The van der Waals surface area contributed by atoms with Crippen molar-refractivity contribution in [3.05, 3.63) is 98.1 Å². The first kappa shape index (κ1) is 20.4. The van der Waals surface area contributed by atoms with Crippen LogP contribution in [0.1, 0.15) is 22.3 Å². The SMILES string of the molecule is Cc1cc(/C=N/Nc2ccc([N+](=O)[O-])cc2)cc(C)c1OCc1ccc(Cl)cc1. The third-order valence-electron chi connectivity index (χ3n) is 4.26. The van der Waals surface area contributed by atoms with Crippen molar-refractivity contribution >= 4 is 29.2 Å². The molecule has 7 heteroatoms. The standard InChI is InChI=1S/C22H20ClN3O3/c1-15-11-18(13-24-25-20-7-9-21(10-8-20)26(27)28)12-16(2)22(15)29-14-17-3-5-19(23)6-4-17/h3-13,25H,14H2,1-2H3/b24-13+. The van der Waals surface area contributed by atoms with Gasteiger partial charge in [-0.3, -0.25) is 15.5 Å². The molecular formula is C22H20ClN3O3. The number of halogens is 1. The Kier molecular flexibility index (Phi) is 6.46. The number of nitro benzene ring substituents is 1. The summed E-state index contributed by atoms with van der Waals surface area (Å²) in [5, 5.41) is 15.6. The molecule has 0 aromatic heterocycles. The molecule has 3 aromatic carbocycles. The van der Waals surface area contributed by atoms with Crippen molar-refractivity contribution in [3.8, 4) is 5.75 Å². The smallest absolute Gasteiger partial charge is 0.269 e. The highest BCUT2D eigenvalue weighted by Crippen LogP contribution is 2.25. The Balaban J connectivity index is 1.64. The van der Waals surface area contributed by atoms with Gasteiger partial charge in [0.25, 0.3) is 5.69 Å². The van der Waals surface area contributed by atoms with Crippen LogP contribution in [0.2, 0.25) is 5.02 Å². The normalized spacial score (nSPS) is 10.9. The summed E-state index contributed by atoms with van der Waals surface area (Å²) in [5.41, 5.74) is 7.57. The van der Waals surface area contributed by atoms with Gasteiger partial charge in [-0.25, -0.2) is 0 Å². The number of nitro groups is 1. The molecule has 0 heterocycles. The Morgan fingerprint density at radius 3 is 2.28 bits per heavy atom. The molecule has 0 saturated carbocycles.